The lowest BCUT2D eigenvalue weighted by atomic mass is 9.79. The zero-order chi connectivity index (χ0) is 13.5. The van der Waals surface area contributed by atoms with Crippen LogP contribution in [0.25, 0.3) is 0 Å². The Hall–Kier alpha value is -1.67. The molecule has 0 spiro atoms. The van der Waals surface area contributed by atoms with E-state index in [2.05, 4.69) is 0 Å². The minimum atomic E-state index is -0.918. The van der Waals surface area contributed by atoms with Gasteiger partial charge in [-0.25, -0.2) is 23.5 Å². The van der Waals surface area contributed by atoms with Crippen molar-refractivity contribution in [2.45, 2.75) is 37.3 Å². The van der Waals surface area contributed by atoms with E-state index in [0.29, 0.717) is 13.0 Å². The second kappa shape index (κ2) is 3.26. The molecule has 2 aliphatic heterocycles. The number of Topliss-reactive ketones (excluding diaryl/α,β-unsaturated/α-hetero) is 1. The fraction of sp³-hybridized carbons (Fsp3) is 0.727. The number of nitrogens with zero attached hydrogens (tertiary/aromatic N) is 3. The van der Waals surface area contributed by atoms with Gasteiger partial charge in [0.2, 0.25) is 0 Å². The van der Waals surface area contributed by atoms with Crippen molar-refractivity contribution in [3.63, 3.8) is 0 Å². The third kappa shape index (κ3) is 1.18. The molecule has 1 aromatic heterocycles. The molecule has 1 aliphatic carbocycles. The molecule has 2 fully saturated rings. The molecule has 1 saturated heterocycles. The van der Waals surface area contributed by atoms with Crippen molar-refractivity contribution < 1.29 is 14.6 Å². The first-order valence-corrected chi connectivity index (χ1v) is 6.28. The van der Waals surface area contributed by atoms with E-state index >= 15 is 0 Å². The zero-order valence-corrected chi connectivity index (χ0v) is 10.2. The number of aliphatic hydroxyl groups is 1. The Morgan fingerprint density at radius 2 is 2.00 bits per heavy atom. The van der Waals surface area contributed by atoms with E-state index in [0.717, 1.165) is 4.57 Å². The molecular formula is C11H13N3O5. The van der Waals surface area contributed by atoms with Crippen molar-refractivity contribution in [1.82, 2.24) is 13.9 Å². The lowest BCUT2D eigenvalue weighted by Gasteiger charge is -2.36. The van der Waals surface area contributed by atoms with Gasteiger partial charge in [0.15, 0.2) is 5.78 Å². The van der Waals surface area contributed by atoms with E-state index in [4.69, 9.17) is 4.74 Å². The predicted molar refractivity (Wildman–Crippen MR) is 60.8 cm³/mol. The van der Waals surface area contributed by atoms with Crippen molar-refractivity contribution in [3.05, 3.63) is 21.0 Å². The lowest BCUT2D eigenvalue weighted by Crippen LogP contribution is -2.52. The highest BCUT2D eigenvalue weighted by Gasteiger charge is 2.62. The van der Waals surface area contributed by atoms with Crippen LogP contribution in [0.3, 0.4) is 0 Å². The summed E-state index contributed by atoms with van der Waals surface area (Å²) >= 11 is 0. The van der Waals surface area contributed by atoms with Gasteiger partial charge < -0.3 is 9.84 Å². The highest BCUT2D eigenvalue weighted by molar-refractivity contribution is 5.90. The van der Waals surface area contributed by atoms with Crippen molar-refractivity contribution in [1.29, 1.82) is 0 Å². The zero-order valence-electron chi connectivity index (χ0n) is 10.2. The average Bonchev–Trinajstić information content (AvgIpc) is 3.18. The summed E-state index contributed by atoms with van der Waals surface area (Å²) in [6.07, 6.45) is -1.51. The Kier molecular flexibility index (Phi) is 1.92. The van der Waals surface area contributed by atoms with Gasteiger partial charge in [0, 0.05) is 19.5 Å². The normalized spacial score (nSPS) is 39.5. The second-order valence-electron chi connectivity index (χ2n) is 5.39. The molecule has 0 amide bonds. The summed E-state index contributed by atoms with van der Waals surface area (Å²) in [5.74, 6) is -0.506. The fourth-order valence-electron chi connectivity index (χ4n) is 3.41. The van der Waals surface area contributed by atoms with Gasteiger partial charge >= 0.3 is 11.4 Å². The standard InChI is InChI=1S/C11H13N3O5/c1-12-10(17)13-3-2-4-5(14(13)11(12)18)7(16)9-8(19-9)6(4)15/h4-5,7-9,16H,2-3H2,1H3/t4-,5+,7-,8-,9+/m0/s1. The molecule has 5 atom stereocenters. The molecule has 1 N–H and O–H groups in total. The van der Waals surface area contributed by atoms with Crippen LogP contribution in [0, 0.1) is 5.92 Å². The number of carbonyl (C=O) groups is 1. The maximum Gasteiger partial charge on any atom is 0.347 e. The van der Waals surface area contributed by atoms with Gasteiger partial charge in [-0.3, -0.25) is 4.79 Å². The van der Waals surface area contributed by atoms with Crippen LogP contribution in [0.1, 0.15) is 12.5 Å². The second-order valence-corrected chi connectivity index (χ2v) is 5.39. The van der Waals surface area contributed by atoms with Crippen molar-refractivity contribution in [2.24, 2.45) is 13.0 Å². The highest BCUT2D eigenvalue weighted by Crippen LogP contribution is 2.45. The number of epoxide rings is 1. The third-order valence-electron chi connectivity index (χ3n) is 4.46. The molecule has 0 radical (unpaired) electrons. The Morgan fingerprint density at radius 1 is 1.26 bits per heavy atom. The molecule has 1 saturated carbocycles. The Balaban J connectivity index is 1.94. The molecule has 3 heterocycles. The van der Waals surface area contributed by atoms with Gasteiger partial charge in [-0.15, -0.1) is 0 Å². The molecule has 3 aliphatic rings. The maximum atomic E-state index is 12.1. The highest BCUT2D eigenvalue weighted by atomic mass is 16.6. The molecule has 19 heavy (non-hydrogen) atoms. The first-order chi connectivity index (χ1) is 9.02. The summed E-state index contributed by atoms with van der Waals surface area (Å²) in [4.78, 5) is 36.1. The predicted octanol–water partition coefficient (Wildman–Crippen LogP) is -2.38. The molecule has 8 nitrogen and oxygen atoms in total. The van der Waals surface area contributed by atoms with E-state index in [1.807, 2.05) is 0 Å². The SMILES string of the molecule is Cn1c(=O)n2n(c1=O)[C@H]1[C@H](O)[C@H]3O[C@H]3C(=O)[C@H]1CC2. The molecule has 1 aromatic rings. The molecule has 0 unspecified atom stereocenters. The van der Waals surface area contributed by atoms with Crippen LogP contribution in [0.5, 0.6) is 0 Å². The summed E-state index contributed by atoms with van der Waals surface area (Å²) < 4.78 is 8.72. The smallest absolute Gasteiger partial charge is 0.347 e. The number of ether oxygens (including phenoxy) is 1. The summed E-state index contributed by atoms with van der Waals surface area (Å²) in [7, 11) is 1.39. The van der Waals surface area contributed by atoms with Gasteiger partial charge in [-0.2, -0.15) is 0 Å². The number of fused-ring (bicyclic) bond motifs is 4. The molecule has 8 heteroatoms. The van der Waals surface area contributed by atoms with Crippen LogP contribution in [-0.4, -0.2) is 43.1 Å². The fourth-order valence-corrected chi connectivity index (χ4v) is 3.41. The van der Waals surface area contributed by atoms with Crippen LogP contribution in [0.2, 0.25) is 0 Å². The first kappa shape index (κ1) is 11.2. The largest absolute Gasteiger partial charge is 0.388 e. The quantitative estimate of drug-likeness (QED) is 0.529. The minimum absolute atomic E-state index is 0.0604. The average molecular weight is 267 g/mol. The molecule has 0 aromatic carbocycles. The van der Waals surface area contributed by atoms with Crippen LogP contribution in [0.4, 0.5) is 0 Å². The van der Waals surface area contributed by atoms with Crippen LogP contribution >= 0.6 is 0 Å². The van der Waals surface area contributed by atoms with Gasteiger partial charge in [0.05, 0.1) is 6.04 Å². The molecular weight excluding hydrogens is 254 g/mol. The summed E-state index contributed by atoms with van der Waals surface area (Å²) in [6, 6.07) is -0.689. The van der Waals surface area contributed by atoms with Crippen LogP contribution in [-0.2, 0) is 23.1 Å². The van der Waals surface area contributed by atoms with E-state index in [9.17, 15) is 19.5 Å². The van der Waals surface area contributed by atoms with Gasteiger partial charge in [0.25, 0.3) is 0 Å². The Morgan fingerprint density at radius 3 is 2.74 bits per heavy atom. The van der Waals surface area contributed by atoms with Crippen LogP contribution in [0.15, 0.2) is 9.59 Å². The van der Waals surface area contributed by atoms with E-state index < -0.39 is 41.7 Å². The lowest BCUT2D eigenvalue weighted by molar-refractivity contribution is -0.130. The Bertz CT molecular complexity index is 698. The summed E-state index contributed by atoms with van der Waals surface area (Å²) in [5.41, 5.74) is -0.910. The van der Waals surface area contributed by atoms with Gasteiger partial charge in [-0.05, 0) is 6.42 Å². The van der Waals surface area contributed by atoms with E-state index in [1.165, 1.54) is 16.4 Å². The first-order valence-electron chi connectivity index (χ1n) is 6.28. The maximum absolute atomic E-state index is 12.1. The summed E-state index contributed by atoms with van der Waals surface area (Å²) in [6.45, 7) is 0.311. The van der Waals surface area contributed by atoms with Crippen LogP contribution < -0.4 is 11.4 Å². The number of aliphatic hydroxyl groups excluding tert-OH is 1. The molecule has 4 rings (SSSR count). The van der Waals surface area contributed by atoms with E-state index in [1.54, 1.807) is 0 Å². The monoisotopic (exact) mass is 267 g/mol. The molecule has 102 valence electrons. The number of aromatic nitrogens is 3. The number of hydrogen-bond acceptors (Lipinski definition) is 5. The Labute approximate surface area is 106 Å². The van der Waals surface area contributed by atoms with Gasteiger partial charge in [-0.1, -0.05) is 0 Å². The van der Waals surface area contributed by atoms with Crippen molar-refractivity contribution in [2.75, 3.05) is 0 Å². The van der Waals surface area contributed by atoms with E-state index in [-0.39, 0.29) is 5.78 Å². The third-order valence-corrected chi connectivity index (χ3v) is 4.46. The number of hydrogen-bond donors (Lipinski definition) is 1. The topological polar surface area (TPSA) is 98.8 Å². The van der Waals surface area contributed by atoms with Crippen molar-refractivity contribution >= 4 is 5.78 Å². The minimum Gasteiger partial charge on any atom is -0.388 e. The number of carbonyl (C=O) groups excluding carboxylic acids is 1. The number of ketones is 1. The number of rotatable bonds is 0. The summed E-state index contributed by atoms with van der Waals surface area (Å²) in [5, 5.41) is 10.2. The molecule has 0 bridgehead atoms. The van der Waals surface area contributed by atoms with Crippen molar-refractivity contribution in [3.8, 4) is 0 Å². The van der Waals surface area contributed by atoms with Gasteiger partial charge in [0.1, 0.15) is 18.3 Å².